The Balaban J connectivity index is 2.00. The first kappa shape index (κ1) is 23.7. The van der Waals surface area contributed by atoms with Crippen LogP contribution >= 0.6 is 22.6 Å². The van der Waals surface area contributed by atoms with Crippen LogP contribution in [-0.4, -0.2) is 47.2 Å². The minimum Gasteiger partial charge on any atom is -0.394 e. The molecule has 2 aromatic rings. The van der Waals surface area contributed by atoms with Gasteiger partial charge in [-0.25, -0.2) is 18.7 Å². The molecule has 0 saturated carbocycles. The molecule has 168 valence electrons. The van der Waals surface area contributed by atoms with Crippen LogP contribution in [0.4, 0.5) is 24.5 Å². The van der Waals surface area contributed by atoms with Crippen LogP contribution in [0.3, 0.4) is 0 Å². The third kappa shape index (κ3) is 5.64. The van der Waals surface area contributed by atoms with Gasteiger partial charge in [-0.05, 0) is 46.9 Å². The summed E-state index contributed by atoms with van der Waals surface area (Å²) >= 11 is 1.89. The van der Waals surface area contributed by atoms with Gasteiger partial charge in [0.1, 0.15) is 12.0 Å². The minimum atomic E-state index is -1.42. The Hall–Kier alpha value is -1.97. The molecule has 8 nitrogen and oxygen atoms in total. The second-order valence-corrected chi connectivity index (χ2v) is 7.76. The number of hydrogen-bond donors (Lipinski definition) is 4. The number of nitrogens with zero attached hydrogens (tertiary/aromatic N) is 1. The lowest BCUT2D eigenvalue weighted by molar-refractivity contribution is -0.187. The zero-order valence-electron chi connectivity index (χ0n) is 16.0. The molecule has 1 amide bonds. The second-order valence-electron chi connectivity index (χ2n) is 6.52. The normalized spacial score (nSPS) is 16.5. The Morgan fingerprint density at radius 2 is 2.06 bits per heavy atom. The standard InChI is InChI=1S/C19H19F3IN3O5/c20-13-8-11(23)1-2-14(13)24-18-12(19(29)25-30-6-4-27)7-10(16(21)17(18)22)9-26-15(28)3-5-31-26/h1-2,7-8,15,24,27-28H,3-6,9H2,(H,25,29). The van der Waals surface area contributed by atoms with Crippen LogP contribution < -0.4 is 10.8 Å². The van der Waals surface area contributed by atoms with Gasteiger partial charge in [-0.3, -0.25) is 14.5 Å². The lowest BCUT2D eigenvalue weighted by Crippen LogP contribution is -2.29. The number of amides is 1. The lowest BCUT2D eigenvalue weighted by Gasteiger charge is -2.21. The van der Waals surface area contributed by atoms with Crippen LogP contribution in [0, 0.1) is 21.0 Å². The fraction of sp³-hybridized carbons (Fsp3) is 0.316. The third-order valence-electron chi connectivity index (χ3n) is 4.37. The zero-order chi connectivity index (χ0) is 22.5. The van der Waals surface area contributed by atoms with Gasteiger partial charge in [0.15, 0.2) is 11.6 Å². The van der Waals surface area contributed by atoms with Crippen LogP contribution in [0.15, 0.2) is 24.3 Å². The summed E-state index contributed by atoms with van der Waals surface area (Å²) < 4.78 is 44.6. The van der Waals surface area contributed by atoms with Crippen molar-refractivity contribution in [1.82, 2.24) is 10.5 Å². The fourth-order valence-corrected chi connectivity index (χ4v) is 3.32. The number of rotatable bonds is 8. The largest absolute Gasteiger partial charge is 0.394 e. The predicted molar refractivity (Wildman–Crippen MR) is 111 cm³/mol. The van der Waals surface area contributed by atoms with E-state index in [0.717, 1.165) is 11.1 Å². The smallest absolute Gasteiger partial charge is 0.277 e. The Kier molecular flexibility index (Phi) is 8.07. The maximum absolute atomic E-state index is 15.0. The molecule has 2 aromatic carbocycles. The molecule has 0 bridgehead atoms. The van der Waals surface area contributed by atoms with Gasteiger partial charge in [-0.1, -0.05) is 0 Å². The van der Waals surface area contributed by atoms with Crippen molar-refractivity contribution in [3.8, 4) is 0 Å². The van der Waals surface area contributed by atoms with Crippen LogP contribution in [0.2, 0.25) is 0 Å². The first-order valence-electron chi connectivity index (χ1n) is 9.15. The molecule has 1 aliphatic rings. The van der Waals surface area contributed by atoms with Gasteiger partial charge >= 0.3 is 0 Å². The van der Waals surface area contributed by atoms with Crippen molar-refractivity contribution in [3.05, 3.63) is 56.4 Å². The Labute approximate surface area is 189 Å². The number of anilines is 2. The zero-order valence-corrected chi connectivity index (χ0v) is 18.2. The Morgan fingerprint density at radius 3 is 2.71 bits per heavy atom. The van der Waals surface area contributed by atoms with Crippen molar-refractivity contribution in [2.24, 2.45) is 0 Å². The molecule has 1 aliphatic heterocycles. The highest BCUT2D eigenvalue weighted by Gasteiger charge is 2.28. The van der Waals surface area contributed by atoms with E-state index in [0.29, 0.717) is 3.57 Å². The topological polar surface area (TPSA) is 103 Å². The van der Waals surface area contributed by atoms with E-state index in [9.17, 15) is 23.1 Å². The molecule has 1 unspecified atom stereocenters. The van der Waals surface area contributed by atoms with Crippen molar-refractivity contribution in [1.29, 1.82) is 0 Å². The molecule has 1 atom stereocenters. The highest BCUT2D eigenvalue weighted by molar-refractivity contribution is 14.1. The van der Waals surface area contributed by atoms with Crippen LogP contribution in [0.5, 0.6) is 0 Å². The lowest BCUT2D eigenvalue weighted by atomic mass is 10.1. The fourth-order valence-electron chi connectivity index (χ4n) is 2.86. The first-order chi connectivity index (χ1) is 14.8. The van der Waals surface area contributed by atoms with Gasteiger partial charge < -0.3 is 15.5 Å². The number of benzene rings is 2. The summed E-state index contributed by atoms with van der Waals surface area (Å²) in [6.07, 6.45) is -0.718. The molecule has 12 heteroatoms. The number of carbonyl (C=O) groups excluding carboxylic acids is 1. The van der Waals surface area contributed by atoms with E-state index in [1.807, 2.05) is 28.1 Å². The molecule has 1 saturated heterocycles. The van der Waals surface area contributed by atoms with Crippen molar-refractivity contribution in [2.45, 2.75) is 19.2 Å². The number of hydrogen-bond acceptors (Lipinski definition) is 7. The highest BCUT2D eigenvalue weighted by atomic mass is 127. The Bertz CT molecular complexity index is 966. The molecular weight excluding hydrogens is 534 g/mol. The minimum absolute atomic E-state index is 0.171. The molecule has 31 heavy (non-hydrogen) atoms. The number of nitrogens with one attached hydrogen (secondary N) is 2. The molecular formula is C19H19F3IN3O5. The number of halogens is 4. The van der Waals surface area contributed by atoms with Gasteiger partial charge in [0, 0.05) is 15.6 Å². The summed E-state index contributed by atoms with van der Waals surface area (Å²) in [7, 11) is 0. The molecule has 3 rings (SSSR count). The summed E-state index contributed by atoms with van der Waals surface area (Å²) in [5, 5.41) is 22.1. The molecule has 0 aromatic heterocycles. The van der Waals surface area contributed by atoms with E-state index in [4.69, 9.17) is 14.8 Å². The van der Waals surface area contributed by atoms with E-state index >= 15 is 0 Å². The van der Waals surface area contributed by atoms with E-state index < -0.39 is 35.3 Å². The van der Waals surface area contributed by atoms with Gasteiger partial charge in [0.2, 0.25) is 0 Å². The third-order valence-corrected chi connectivity index (χ3v) is 5.04. The quantitative estimate of drug-likeness (QED) is 0.227. The summed E-state index contributed by atoms with van der Waals surface area (Å²) in [6.45, 7) is -0.740. The predicted octanol–water partition coefficient (Wildman–Crippen LogP) is 2.56. The van der Waals surface area contributed by atoms with Crippen LogP contribution in [0.25, 0.3) is 0 Å². The summed E-state index contributed by atoms with van der Waals surface area (Å²) in [5.74, 6) is -4.39. The molecule has 0 aliphatic carbocycles. The number of carbonyl (C=O) groups is 1. The summed E-state index contributed by atoms with van der Waals surface area (Å²) in [5.41, 5.74) is 0.594. The molecule has 1 fully saturated rings. The van der Waals surface area contributed by atoms with E-state index in [1.165, 1.54) is 12.1 Å². The van der Waals surface area contributed by atoms with Crippen molar-refractivity contribution in [3.63, 3.8) is 0 Å². The maximum atomic E-state index is 15.0. The van der Waals surface area contributed by atoms with Gasteiger partial charge in [-0.15, -0.1) is 0 Å². The van der Waals surface area contributed by atoms with Crippen LogP contribution in [-0.2, 0) is 16.2 Å². The maximum Gasteiger partial charge on any atom is 0.277 e. The van der Waals surface area contributed by atoms with Crippen LogP contribution in [0.1, 0.15) is 22.3 Å². The summed E-state index contributed by atoms with van der Waals surface area (Å²) in [4.78, 5) is 22.5. The first-order valence-corrected chi connectivity index (χ1v) is 10.2. The van der Waals surface area contributed by atoms with Gasteiger partial charge in [-0.2, -0.15) is 5.06 Å². The molecule has 4 N–H and O–H groups in total. The number of aliphatic hydroxyl groups excluding tert-OH is 2. The highest BCUT2D eigenvalue weighted by Crippen LogP contribution is 2.31. The average Bonchev–Trinajstić information content (AvgIpc) is 3.13. The van der Waals surface area contributed by atoms with E-state index in [-0.39, 0.29) is 49.6 Å². The van der Waals surface area contributed by atoms with Gasteiger partial charge in [0.25, 0.3) is 5.91 Å². The van der Waals surface area contributed by atoms with Crippen molar-refractivity contribution < 1.29 is 37.9 Å². The van der Waals surface area contributed by atoms with Gasteiger partial charge in [0.05, 0.1) is 43.3 Å². The molecule has 0 radical (unpaired) electrons. The summed E-state index contributed by atoms with van der Waals surface area (Å²) in [6, 6.07) is 5.10. The SMILES string of the molecule is O=C(NOCCO)c1cc(CN2OCCC2O)c(F)c(F)c1Nc1ccc(I)cc1F. The van der Waals surface area contributed by atoms with E-state index in [2.05, 4.69) is 5.32 Å². The van der Waals surface area contributed by atoms with Crippen molar-refractivity contribution >= 4 is 39.9 Å². The molecule has 1 heterocycles. The van der Waals surface area contributed by atoms with Crippen molar-refractivity contribution in [2.75, 3.05) is 25.1 Å². The second kappa shape index (κ2) is 10.6. The monoisotopic (exact) mass is 553 g/mol. The number of aliphatic hydroxyl groups is 2. The molecule has 0 spiro atoms. The number of hydroxylamine groups is 3. The average molecular weight is 553 g/mol. The Morgan fingerprint density at radius 1 is 1.29 bits per heavy atom. The van der Waals surface area contributed by atoms with E-state index in [1.54, 1.807) is 6.07 Å².